The van der Waals surface area contributed by atoms with Crippen molar-refractivity contribution in [2.45, 2.75) is 13.8 Å². The summed E-state index contributed by atoms with van der Waals surface area (Å²) in [5, 5.41) is 1.09. The maximum atomic E-state index is 13.3. The van der Waals surface area contributed by atoms with Crippen molar-refractivity contribution in [3.8, 4) is 11.3 Å². The molecule has 0 N–H and O–H groups in total. The van der Waals surface area contributed by atoms with Crippen molar-refractivity contribution in [3.05, 3.63) is 59.7 Å². The van der Waals surface area contributed by atoms with Crippen LogP contribution in [0.25, 0.3) is 22.2 Å². The van der Waals surface area contributed by atoms with E-state index in [0.717, 1.165) is 27.7 Å². The fraction of sp³-hybridized carbons (Fsp3) is 0.176. The lowest BCUT2D eigenvalue weighted by Gasteiger charge is -2.09. The summed E-state index contributed by atoms with van der Waals surface area (Å²) in [5.41, 5.74) is 5.16. The summed E-state index contributed by atoms with van der Waals surface area (Å²) < 4.78 is 15.3. The molecule has 0 aliphatic heterocycles. The summed E-state index contributed by atoms with van der Waals surface area (Å²) in [6.45, 7) is 3.99. The van der Waals surface area contributed by atoms with Gasteiger partial charge in [-0.25, -0.2) is 8.96 Å². The molecule has 1 aromatic heterocycles. The van der Waals surface area contributed by atoms with Crippen LogP contribution in [0, 0.1) is 19.7 Å². The van der Waals surface area contributed by atoms with Gasteiger partial charge < -0.3 is 0 Å². The maximum absolute atomic E-state index is 13.3. The van der Waals surface area contributed by atoms with E-state index in [-0.39, 0.29) is 5.82 Å². The molecular weight excluding hydrogens is 251 g/mol. The number of aromatic nitrogens is 2. The van der Waals surface area contributed by atoms with E-state index < -0.39 is 0 Å². The van der Waals surface area contributed by atoms with E-state index >= 15 is 0 Å². The standard InChI is InChI=1S/C17H16FN2/c1-11-4-7-16-15(8-11)17(20(3)10-19-16)14-6-5-13(18)9-12(14)2/h4-10H,1-3H3/q+1. The highest BCUT2D eigenvalue weighted by molar-refractivity contribution is 5.91. The van der Waals surface area contributed by atoms with Crippen molar-refractivity contribution in [1.29, 1.82) is 0 Å². The third-order valence-corrected chi connectivity index (χ3v) is 3.57. The lowest BCUT2D eigenvalue weighted by atomic mass is 10.0. The molecule has 3 aromatic rings. The van der Waals surface area contributed by atoms with Gasteiger partial charge >= 0.3 is 0 Å². The maximum Gasteiger partial charge on any atom is 0.287 e. The normalized spacial score (nSPS) is 11.0. The predicted molar refractivity (Wildman–Crippen MR) is 77.8 cm³/mol. The number of fused-ring (bicyclic) bond motifs is 1. The first kappa shape index (κ1) is 12.7. The van der Waals surface area contributed by atoms with Crippen LogP contribution in [-0.4, -0.2) is 4.98 Å². The molecule has 0 fully saturated rings. The van der Waals surface area contributed by atoms with Crippen LogP contribution in [0.3, 0.4) is 0 Å². The SMILES string of the molecule is Cc1ccc2nc[n+](C)c(-c3ccc(F)cc3C)c2c1. The van der Waals surface area contributed by atoms with Gasteiger partial charge in [-0.2, -0.15) is 0 Å². The molecule has 0 radical (unpaired) electrons. The summed E-state index contributed by atoms with van der Waals surface area (Å²) in [4.78, 5) is 4.44. The molecule has 2 nitrogen and oxygen atoms in total. The van der Waals surface area contributed by atoms with Gasteiger partial charge in [0.05, 0.1) is 12.4 Å². The molecule has 0 spiro atoms. The van der Waals surface area contributed by atoms with Crippen molar-refractivity contribution in [3.63, 3.8) is 0 Å². The van der Waals surface area contributed by atoms with Gasteiger partial charge in [0.25, 0.3) is 6.33 Å². The summed E-state index contributed by atoms with van der Waals surface area (Å²) >= 11 is 0. The molecule has 0 saturated carbocycles. The Bertz CT molecular complexity index is 804. The van der Waals surface area contributed by atoms with Crippen LogP contribution in [0.2, 0.25) is 0 Å². The first-order valence-electron chi connectivity index (χ1n) is 6.58. The largest absolute Gasteiger partial charge is 0.287 e. The number of halogens is 1. The Morgan fingerprint density at radius 1 is 1.05 bits per heavy atom. The third-order valence-electron chi connectivity index (χ3n) is 3.57. The Morgan fingerprint density at radius 3 is 2.60 bits per heavy atom. The molecule has 0 bridgehead atoms. The molecule has 0 unspecified atom stereocenters. The molecule has 0 saturated heterocycles. The Kier molecular flexibility index (Phi) is 2.97. The van der Waals surface area contributed by atoms with Gasteiger partial charge in [-0.15, -0.1) is 0 Å². The number of hydrogen-bond donors (Lipinski definition) is 0. The van der Waals surface area contributed by atoms with E-state index in [1.54, 1.807) is 12.4 Å². The number of rotatable bonds is 1. The minimum Gasteiger partial charge on any atom is -0.232 e. The lowest BCUT2D eigenvalue weighted by molar-refractivity contribution is -0.662. The van der Waals surface area contributed by atoms with E-state index in [0.29, 0.717) is 0 Å². The summed E-state index contributed by atoms with van der Waals surface area (Å²) in [6, 6.07) is 11.1. The minimum absolute atomic E-state index is 0.205. The van der Waals surface area contributed by atoms with Crippen LogP contribution in [-0.2, 0) is 7.05 Å². The molecule has 0 atom stereocenters. The molecule has 1 heterocycles. The van der Waals surface area contributed by atoms with Crippen LogP contribution in [0.15, 0.2) is 42.7 Å². The number of hydrogen-bond acceptors (Lipinski definition) is 1. The van der Waals surface area contributed by atoms with Crippen LogP contribution in [0.5, 0.6) is 0 Å². The average Bonchev–Trinajstić information content (AvgIpc) is 2.40. The van der Waals surface area contributed by atoms with Crippen LogP contribution in [0.1, 0.15) is 11.1 Å². The second-order valence-electron chi connectivity index (χ2n) is 5.18. The monoisotopic (exact) mass is 267 g/mol. The van der Waals surface area contributed by atoms with Crippen molar-refractivity contribution < 1.29 is 8.96 Å². The van der Waals surface area contributed by atoms with Gasteiger partial charge in [-0.05, 0) is 54.7 Å². The molecule has 2 aromatic carbocycles. The van der Waals surface area contributed by atoms with Gasteiger partial charge in [0.1, 0.15) is 11.5 Å². The van der Waals surface area contributed by atoms with E-state index in [1.807, 2.05) is 30.7 Å². The van der Waals surface area contributed by atoms with Crippen LogP contribution in [0.4, 0.5) is 4.39 Å². The van der Waals surface area contributed by atoms with E-state index in [2.05, 4.69) is 24.0 Å². The molecule has 0 aliphatic carbocycles. The van der Waals surface area contributed by atoms with Gasteiger partial charge in [-0.1, -0.05) is 11.6 Å². The molecular formula is C17H16FN2+. The first-order valence-corrected chi connectivity index (χ1v) is 6.58. The van der Waals surface area contributed by atoms with Crippen molar-refractivity contribution in [2.75, 3.05) is 0 Å². The summed E-state index contributed by atoms with van der Waals surface area (Å²) in [5.74, 6) is -0.205. The van der Waals surface area contributed by atoms with E-state index in [1.165, 1.54) is 11.6 Å². The number of benzene rings is 2. The highest BCUT2D eigenvalue weighted by Crippen LogP contribution is 2.27. The Morgan fingerprint density at radius 2 is 1.85 bits per heavy atom. The van der Waals surface area contributed by atoms with Crippen LogP contribution >= 0.6 is 0 Å². The lowest BCUT2D eigenvalue weighted by Crippen LogP contribution is -2.31. The zero-order valence-corrected chi connectivity index (χ0v) is 11.8. The van der Waals surface area contributed by atoms with Crippen molar-refractivity contribution in [2.24, 2.45) is 7.05 Å². The third kappa shape index (κ3) is 2.05. The quantitative estimate of drug-likeness (QED) is 0.617. The molecule has 0 amide bonds. The fourth-order valence-corrected chi connectivity index (χ4v) is 2.58. The smallest absolute Gasteiger partial charge is 0.232 e. The average molecular weight is 267 g/mol. The predicted octanol–water partition coefficient (Wildman–Crippen LogP) is 3.48. The molecule has 3 rings (SSSR count). The topological polar surface area (TPSA) is 16.8 Å². The summed E-state index contributed by atoms with van der Waals surface area (Å²) in [7, 11) is 1.97. The Balaban J connectivity index is 2.40. The van der Waals surface area contributed by atoms with Gasteiger partial charge in [0.15, 0.2) is 5.52 Å². The van der Waals surface area contributed by atoms with Crippen LogP contribution < -0.4 is 4.57 Å². The van der Waals surface area contributed by atoms with Gasteiger partial charge in [-0.3, -0.25) is 0 Å². The second-order valence-corrected chi connectivity index (χ2v) is 5.18. The van der Waals surface area contributed by atoms with E-state index in [4.69, 9.17) is 0 Å². The molecule has 0 aliphatic rings. The van der Waals surface area contributed by atoms with Gasteiger partial charge in [0, 0.05) is 5.56 Å². The summed E-state index contributed by atoms with van der Waals surface area (Å²) in [6.07, 6.45) is 1.80. The zero-order chi connectivity index (χ0) is 14.3. The van der Waals surface area contributed by atoms with Gasteiger partial charge in [0.2, 0.25) is 0 Å². The number of nitrogens with zero attached hydrogens (tertiary/aromatic N) is 2. The Labute approximate surface area is 117 Å². The van der Waals surface area contributed by atoms with Crippen molar-refractivity contribution >= 4 is 10.9 Å². The minimum atomic E-state index is -0.205. The molecule has 100 valence electrons. The second kappa shape index (κ2) is 4.67. The Hall–Kier alpha value is -2.29. The highest BCUT2D eigenvalue weighted by atomic mass is 19.1. The molecule has 3 heteroatoms. The first-order chi connectivity index (χ1) is 9.56. The van der Waals surface area contributed by atoms with Crippen molar-refractivity contribution in [1.82, 2.24) is 4.98 Å². The fourth-order valence-electron chi connectivity index (χ4n) is 2.58. The zero-order valence-electron chi connectivity index (χ0n) is 11.8. The van der Waals surface area contributed by atoms with E-state index in [9.17, 15) is 4.39 Å². The molecule has 20 heavy (non-hydrogen) atoms. The number of aryl methyl sites for hydroxylation is 3. The highest BCUT2D eigenvalue weighted by Gasteiger charge is 2.16.